The average molecular weight is 263 g/mol. The minimum Gasteiger partial charge on any atom is -0.311 e. The van der Waals surface area contributed by atoms with Gasteiger partial charge in [0.1, 0.15) is 0 Å². The molecule has 3 nitrogen and oxygen atoms in total. The van der Waals surface area contributed by atoms with Crippen LogP contribution in [0.25, 0.3) is 4.96 Å². The molecule has 2 heterocycles. The van der Waals surface area contributed by atoms with Gasteiger partial charge in [-0.25, -0.2) is 4.98 Å². The van der Waals surface area contributed by atoms with Gasteiger partial charge in [0, 0.05) is 24.7 Å². The van der Waals surface area contributed by atoms with Crippen molar-refractivity contribution in [1.82, 2.24) is 14.7 Å². The summed E-state index contributed by atoms with van der Waals surface area (Å²) in [7, 11) is 0. The van der Waals surface area contributed by atoms with Gasteiger partial charge in [-0.1, -0.05) is 19.8 Å². The van der Waals surface area contributed by atoms with E-state index in [-0.39, 0.29) is 0 Å². The molecule has 1 N–H and O–H groups in total. The van der Waals surface area contributed by atoms with E-state index in [4.69, 9.17) is 0 Å². The van der Waals surface area contributed by atoms with Crippen molar-refractivity contribution in [3.05, 3.63) is 23.0 Å². The number of thiazole rings is 1. The van der Waals surface area contributed by atoms with Gasteiger partial charge in [-0.15, -0.1) is 11.3 Å². The van der Waals surface area contributed by atoms with Gasteiger partial charge >= 0.3 is 0 Å². The summed E-state index contributed by atoms with van der Waals surface area (Å²) in [5, 5.41) is 5.74. The summed E-state index contributed by atoms with van der Waals surface area (Å²) in [4.78, 5) is 5.69. The molecule has 0 atom stereocenters. The lowest BCUT2D eigenvalue weighted by molar-refractivity contribution is 0.314. The van der Waals surface area contributed by atoms with Crippen LogP contribution >= 0.6 is 11.3 Å². The van der Waals surface area contributed by atoms with Crippen LogP contribution in [0.2, 0.25) is 0 Å². The van der Waals surface area contributed by atoms with Crippen molar-refractivity contribution in [2.45, 2.75) is 46.1 Å². The van der Waals surface area contributed by atoms with E-state index in [1.165, 1.54) is 31.4 Å². The molecule has 3 rings (SSSR count). The summed E-state index contributed by atoms with van der Waals surface area (Å²) in [6, 6.07) is 0. The average Bonchev–Trinajstić information content (AvgIpc) is 2.99. The summed E-state index contributed by atoms with van der Waals surface area (Å²) in [6.45, 7) is 6.58. The Kier molecular flexibility index (Phi) is 3.16. The summed E-state index contributed by atoms with van der Waals surface area (Å²) in [5.74, 6) is 0. The van der Waals surface area contributed by atoms with E-state index < -0.39 is 0 Å². The lowest BCUT2D eigenvalue weighted by Gasteiger charge is -2.23. The van der Waals surface area contributed by atoms with Crippen LogP contribution in [0, 0.1) is 12.3 Å². The second-order valence-electron chi connectivity index (χ2n) is 5.82. The Morgan fingerprint density at radius 2 is 2.22 bits per heavy atom. The molecule has 1 saturated carbocycles. The molecule has 4 heteroatoms. The van der Waals surface area contributed by atoms with Crippen molar-refractivity contribution in [1.29, 1.82) is 0 Å². The molecule has 0 amide bonds. The molecule has 1 fully saturated rings. The molecule has 0 aliphatic heterocycles. The molecule has 0 radical (unpaired) electrons. The van der Waals surface area contributed by atoms with Crippen molar-refractivity contribution < 1.29 is 0 Å². The predicted octanol–water partition coefficient (Wildman–Crippen LogP) is 3.37. The zero-order valence-corrected chi connectivity index (χ0v) is 12.0. The van der Waals surface area contributed by atoms with Crippen LogP contribution in [0.4, 0.5) is 0 Å². The van der Waals surface area contributed by atoms with Gasteiger partial charge in [0.15, 0.2) is 4.96 Å². The number of imidazole rings is 1. The topological polar surface area (TPSA) is 29.3 Å². The lowest BCUT2D eigenvalue weighted by Crippen LogP contribution is -2.29. The van der Waals surface area contributed by atoms with Crippen molar-refractivity contribution in [2.75, 3.05) is 6.54 Å². The zero-order valence-electron chi connectivity index (χ0n) is 11.2. The second kappa shape index (κ2) is 4.67. The summed E-state index contributed by atoms with van der Waals surface area (Å²) >= 11 is 1.70. The lowest BCUT2D eigenvalue weighted by atomic mass is 9.89. The number of aryl methyl sites for hydroxylation is 1. The van der Waals surface area contributed by atoms with E-state index in [1.54, 1.807) is 11.3 Å². The molecule has 0 saturated heterocycles. The molecular formula is C14H21N3S. The van der Waals surface area contributed by atoms with Gasteiger partial charge in [0.25, 0.3) is 0 Å². The van der Waals surface area contributed by atoms with Gasteiger partial charge in [-0.05, 0) is 25.2 Å². The van der Waals surface area contributed by atoms with E-state index in [2.05, 4.69) is 40.1 Å². The standard InChI is InChI=1S/C14H21N3S/c1-11-12(17-7-8-18-13(17)16-11)9-15-10-14(2)5-3-4-6-14/h7-8,15H,3-6,9-10H2,1-2H3. The van der Waals surface area contributed by atoms with Crippen molar-refractivity contribution in [3.63, 3.8) is 0 Å². The van der Waals surface area contributed by atoms with E-state index >= 15 is 0 Å². The SMILES string of the molecule is Cc1nc2sccn2c1CNCC1(C)CCCC1. The third-order valence-corrected chi connectivity index (χ3v) is 4.97. The van der Waals surface area contributed by atoms with Crippen LogP contribution in [0.3, 0.4) is 0 Å². The first-order chi connectivity index (χ1) is 8.68. The number of hydrogen-bond donors (Lipinski definition) is 1. The Labute approximate surface area is 112 Å². The van der Waals surface area contributed by atoms with E-state index in [1.807, 2.05) is 0 Å². The first kappa shape index (κ1) is 12.2. The largest absolute Gasteiger partial charge is 0.311 e. The number of hydrogen-bond acceptors (Lipinski definition) is 3. The van der Waals surface area contributed by atoms with Crippen LogP contribution in [0.1, 0.15) is 44.0 Å². The molecule has 1 aliphatic carbocycles. The molecule has 0 unspecified atom stereocenters. The Morgan fingerprint density at radius 1 is 1.44 bits per heavy atom. The monoisotopic (exact) mass is 263 g/mol. The van der Waals surface area contributed by atoms with E-state index in [0.717, 1.165) is 23.7 Å². The summed E-state index contributed by atoms with van der Waals surface area (Å²) < 4.78 is 2.21. The van der Waals surface area contributed by atoms with E-state index in [0.29, 0.717) is 5.41 Å². The highest BCUT2D eigenvalue weighted by Crippen LogP contribution is 2.36. The summed E-state index contributed by atoms with van der Waals surface area (Å²) in [6.07, 6.45) is 7.67. The van der Waals surface area contributed by atoms with Gasteiger partial charge in [0.2, 0.25) is 0 Å². The number of rotatable bonds is 4. The normalized spacial score (nSPS) is 18.8. The molecular weight excluding hydrogens is 242 g/mol. The van der Waals surface area contributed by atoms with Crippen LogP contribution in [0.15, 0.2) is 11.6 Å². The highest BCUT2D eigenvalue weighted by molar-refractivity contribution is 7.15. The van der Waals surface area contributed by atoms with Gasteiger partial charge in [0.05, 0.1) is 11.4 Å². The number of aromatic nitrogens is 2. The molecule has 2 aromatic heterocycles. The molecule has 18 heavy (non-hydrogen) atoms. The van der Waals surface area contributed by atoms with Gasteiger partial charge < -0.3 is 5.32 Å². The predicted molar refractivity (Wildman–Crippen MR) is 76.1 cm³/mol. The molecule has 2 aromatic rings. The maximum Gasteiger partial charge on any atom is 0.194 e. The van der Waals surface area contributed by atoms with Crippen molar-refractivity contribution in [3.8, 4) is 0 Å². The minimum absolute atomic E-state index is 0.520. The van der Waals surface area contributed by atoms with Crippen LogP contribution in [-0.4, -0.2) is 15.9 Å². The van der Waals surface area contributed by atoms with Crippen molar-refractivity contribution >= 4 is 16.3 Å². The maximum absolute atomic E-state index is 4.58. The molecule has 98 valence electrons. The highest BCUT2D eigenvalue weighted by atomic mass is 32.1. The van der Waals surface area contributed by atoms with Crippen LogP contribution in [-0.2, 0) is 6.54 Å². The quantitative estimate of drug-likeness (QED) is 0.916. The molecule has 0 bridgehead atoms. The number of fused-ring (bicyclic) bond motifs is 1. The molecule has 0 aromatic carbocycles. The van der Waals surface area contributed by atoms with E-state index in [9.17, 15) is 0 Å². The zero-order chi connectivity index (χ0) is 12.6. The first-order valence-corrected chi connectivity index (χ1v) is 7.68. The minimum atomic E-state index is 0.520. The fourth-order valence-electron chi connectivity index (χ4n) is 3.04. The fraction of sp³-hybridized carbons (Fsp3) is 0.643. The van der Waals surface area contributed by atoms with Crippen LogP contribution < -0.4 is 5.32 Å². The Morgan fingerprint density at radius 3 is 3.00 bits per heavy atom. The molecule has 1 aliphatic rings. The fourth-order valence-corrected chi connectivity index (χ4v) is 3.82. The molecule has 0 spiro atoms. The summed E-state index contributed by atoms with van der Waals surface area (Å²) in [5.41, 5.74) is 2.99. The third kappa shape index (κ3) is 2.19. The number of nitrogens with zero attached hydrogens (tertiary/aromatic N) is 2. The first-order valence-electron chi connectivity index (χ1n) is 6.80. The Bertz CT molecular complexity index is 534. The van der Waals surface area contributed by atoms with Gasteiger partial charge in [-0.2, -0.15) is 0 Å². The van der Waals surface area contributed by atoms with Crippen LogP contribution in [0.5, 0.6) is 0 Å². The Hall–Kier alpha value is -0.870. The highest BCUT2D eigenvalue weighted by Gasteiger charge is 2.28. The number of nitrogens with one attached hydrogen (secondary N) is 1. The van der Waals surface area contributed by atoms with Gasteiger partial charge in [-0.3, -0.25) is 4.40 Å². The second-order valence-corrected chi connectivity index (χ2v) is 6.69. The smallest absolute Gasteiger partial charge is 0.194 e. The Balaban J connectivity index is 1.66. The maximum atomic E-state index is 4.58. The van der Waals surface area contributed by atoms with Crippen molar-refractivity contribution in [2.24, 2.45) is 5.41 Å². The third-order valence-electron chi connectivity index (χ3n) is 4.22.